The largest absolute Gasteiger partial charge is 0.345 e. The molecule has 0 N–H and O–H groups in total. The summed E-state index contributed by atoms with van der Waals surface area (Å²) in [6.45, 7) is 3.02. The van der Waals surface area contributed by atoms with Crippen LogP contribution in [-0.2, 0) is 4.79 Å². The van der Waals surface area contributed by atoms with Crippen molar-refractivity contribution in [2.75, 3.05) is 37.3 Å². The van der Waals surface area contributed by atoms with Gasteiger partial charge in [0.2, 0.25) is 5.91 Å². The zero-order valence-electron chi connectivity index (χ0n) is 18.0. The van der Waals surface area contributed by atoms with Crippen molar-refractivity contribution in [1.82, 2.24) is 9.88 Å². The van der Waals surface area contributed by atoms with Crippen LogP contribution in [0.25, 0.3) is 10.2 Å². The summed E-state index contributed by atoms with van der Waals surface area (Å²) >= 11 is 3.49. The predicted octanol–water partition coefficient (Wildman–Crippen LogP) is 5.50. The molecule has 1 aromatic heterocycles. The van der Waals surface area contributed by atoms with Gasteiger partial charge >= 0.3 is 0 Å². The van der Waals surface area contributed by atoms with E-state index in [1.165, 1.54) is 9.60 Å². The molecule has 1 aliphatic heterocycles. The molecule has 0 radical (unpaired) electrons. The van der Waals surface area contributed by atoms with E-state index in [0.717, 1.165) is 34.9 Å². The Bertz CT molecular complexity index is 1160. The Hall–Kier alpha value is -2.83. The third kappa shape index (κ3) is 4.25. The number of nitrogens with zero attached hydrogens (tertiary/aromatic N) is 3. The highest BCUT2D eigenvalue weighted by molar-refractivity contribution is 7.98. The van der Waals surface area contributed by atoms with E-state index in [2.05, 4.69) is 53.6 Å². The Morgan fingerprint density at radius 1 is 0.906 bits per heavy atom. The molecule has 4 aromatic rings. The summed E-state index contributed by atoms with van der Waals surface area (Å²) in [5.74, 6) is -0.0904. The van der Waals surface area contributed by atoms with E-state index in [-0.39, 0.29) is 11.8 Å². The van der Waals surface area contributed by atoms with Crippen LogP contribution < -0.4 is 4.90 Å². The molecule has 32 heavy (non-hydrogen) atoms. The van der Waals surface area contributed by atoms with Gasteiger partial charge in [-0.2, -0.15) is 0 Å². The van der Waals surface area contributed by atoms with Crippen LogP contribution in [0.3, 0.4) is 0 Å². The monoisotopic (exact) mass is 459 g/mol. The molecule has 0 unspecified atom stereocenters. The second-order valence-electron chi connectivity index (χ2n) is 7.90. The normalized spacial score (nSPS) is 14.3. The molecular weight excluding hydrogens is 434 g/mol. The third-order valence-electron chi connectivity index (χ3n) is 5.96. The number of carbonyl (C=O) groups is 1. The second-order valence-corrected chi connectivity index (χ2v) is 9.79. The molecule has 1 aliphatic rings. The van der Waals surface area contributed by atoms with E-state index in [0.29, 0.717) is 13.1 Å². The van der Waals surface area contributed by atoms with E-state index >= 15 is 0 Å². The maximum atomic E-state index is 13.6. The number of anilines is 1. The Labute approximate surface area is 196 Å². The van der Waals surface area contributed by atoms with Crippen molar-refractivity contribution >= 4 is 44.4 Å². The molecule has 3 aromatic carbocycles. The number of thioether (sulfide) groups is 1. The summed E-state index contributed by atoms with van der Waals surface area (Å²) < 4.78 is 1.22. The first-order valence-electron chi connectivity index (χ1n) is 10.8. The summed E-state index contributed by atoms with van der Waals surface area (Å²) in [6, 6.07) is 26.7. The summed E-state index contributed by atoms with van der Waals surface area (Å²) in [5, 5.41) is 1.05. The lowest BCUT2D eigenvalue weighted by Crippen LogP contribution is -2.50. The van der Waals surface area contributed by atoms with Gasteiger partial charge in [-0.25, -0.2) is 4.98 Å². The molecule has 0 bridgehead atoms. The molecule has 6 heteroatoms. The first kappa shape index (κ1) is 21.0. The minimum absolute atomic E-state index is 0.177. The summed E-state index contributed by atoms with van der Waals surface area (Å²) in [5.41, 5.74) is 3.14. The van der Waals surface area contributed by atoms with Crippen LogP contribution in [0.5, 0.6) is 0 Å². The average molecular weight is 460 g/mol. The van der Waals surface area contributed by atoms with Crippen LogP contribution in [0, 0.1) is 0 Å². The van der Waals surface area contributed by atoms with Gasteiger partial charge in [0, 0.05) is 31.1 Å². The maximum absolute atomic E-state index is 13.6. The number of hydrogen-bond donors (Lipinski definition) is 0. The summed E-state index contributed by atoms with van der Waals surface area (Å²) in [4.78, 5) is 24.1. The molecule has 162 valence electrons. The standard InChI is InChI=1S/C26H25N3OS2/c1-31-21-12-13-22-23(18-21)32-26(27-22)29-16-14-28(15-17-29)25(30)24(19-8-4-2-5-9-19)20-10-6-3-7-11-20/h2-13,18,24H,14-17H2,1H3. The Balaban J connectivity index is 1.33. The first-order chi connectivity index (χ1) is 15.7. The number of benzene rings is 3. The summed E-state index contributed by atoms with van der Waals surface area (Å²) in [6.07, 6.45) is 2.09. The minimum Gasteiger partial charge on any atom is -0.345 e. The number of piperazine rings is 1. The molecule has 0 atom stereocenters. The lowest BCUT2D eigenvalue weighted by Gasteiger charge is -2.36. The zero-order chi connectivity index (χ0) is 21.9. The maximum Gasteiger partial charge on any atom is 0.234 e. The number of fused-ring (bicyclic) bond motifs is 1. The lowest BCUT2D eigenvalue weighted by molar-refractivity contribution is -0.132. The first-order valence-corrected chi connectivity index (χ1v) is 12.9. The Morgan fingerprint density at radius 3 is 2.12 bits per heavy atom. The van der Waals surface area contributed by atoms with E-state index in [4.69, 9.17) is 4.98 Å². The van der Waals surface area contributed by atoms with Crippen LogP contribution in [0.2, 0.25) is 0 Å². The SMILES string of the molecule is CSc1ccc2nc(N3CCN(C(=O)C(c4ccccc4)c4ccccc4)CC3)sc2c1. The molecule has 5 rings (SSSR count). The van der Waals surface area contributed by atoms with Crippen molar-refractivity contribution in [3.63, 3.8) is 0 Å². The van der Waals surface area contributed by atoms with Gasteiger partial charge in [0.1, 0.15) is 0 Å². The zero-order valence-corrected chi connectivity index (χ0v) is 19.6. The molecule has 2 heterocycles. The highest BCUT2D eigenvalue weighted by Crippen LogP contribution is 2.33. The van der Waals surface area contributed by atoms with Crippen LogP contribution >= 0.6 is 23.1 Å². The topological polar surface area (TPSA) is 36.4 Å². The van der Waals surface area contributed by atoms with Gasteiger partial charge in [0.15, 0.2) is 5.13 Å². The van der Waals surface area contributed by atoms with Crippen molar-refractivity contribution < 1.29 is 4.79 Å². The molecule has 1 amide bonds. The van der Waals surface area contributed by atoms with Gasteiger partial charge in [0.05, 0.1) is 16.1 Å². The smallest absolute Gasteiger partial charge is 0.234 e. The average Bonchev–Trinajstić information content (AvgIpc) is 3.29. The Kier molecular flexibility index (Phi) is 6.14. The fourth-order valence-electron chi connectivity index (χ4n) is 4.22. The van der Waals surface area contributed by atoms with Gasteiger partial charge in [-0.3, -0.25) is 4.79 Å². The van der Waals surface area contributed by atoms with Crippen molar-refractivity contribution in [2.24, 2.45) is 0 Å². The van der Waals surface area contributed by atoms with Crippen LogP contribution in [0.15, 0.2) is 83.8 Å². The molecule has 4 nitrogen and oxygen atoms in total. The van der Waals surface area contributed by atoms with Gasteiger partial charge in [-0.15, -0.1) is 11.8 Å². The fraction of sp³-hybridized carbons (Fsp3) is 0.231. The minimum atomic E-state index is -0.267. The number of aromatic nitrogens is 1. The highest BCUT2D eigenvalue weighted by Gasteiger charge is 2.30. The number of amides is 1. The van der Waals surface area contributed by atoms with Crippen LogP contribution in [0.4, 0.5) is 5.13 Å². The van der Waals surface area contributed by atoms with E-state index in [1.54, 1.807) is 23.1 Å². The van der Waals surface area contributed by atoms with E-state index in [1.807, 2.05) is 41.3 Å². The number of thiazole rings is 1. The lowest BCUT2D eigenvalue weighted by atomic mass is 9.90. The molecule has 1 saturated heterocycles. The van der Waals surface area contributed by atoms with Gasteiger partial charge < -0.3 is 9.80 Å². The van der Waals surface area contributed by atoms with E-state index in [9.17, 15) is 4.79 Å². The van der Waals surface area contributed by atoms with Crippen molar-refractivity contribution in [1.29, 1.82) is 0 Å². The van der Waals surface area contributed by atoms with Gasteiger partial charge in [0.25, 0.3) is 0 Å². The van der Waals surface area contributed by atoms with Gasteiger partial charge in [-0.05, 0) is 35.6 Å². The second kappa shape index (κ2) is 9.35. The Morgan fingerprint density at radius 2 is 1.53 bits per heavy atom. The molecular formula is C26H25N3OS2. The molecule has 0 spiro atoms. The molecule has 0 saturated carbocycles. The van der Waals surface area contributed by atoms with Crippen molar-refractivity contribution in [2.45, 2.75) is 10.8 Å². The number of carbonyl (C=O) groups excluding carboxylic acids is 1. The van der Waals surface area contributed by atoms with Crippen molar-refractivity contribution in [3.8, 4) is 0 Å². The number of rotatable bonds is 5. The molecule has 0 aliphatic carbocycles. The third-order valence-corrected chi connectivity index (χ3v) is 7.76. The van der Waals surface area contributed by atoms with Gasteiger partial charge in [-0.1, -0.05) is 72.0 Å². The molecule has 1 fully saturated rings. The highest BCUT2D eigenvalue weighted by atomic mass is 32.2. The summed E-state index contributed by atoms with van der Waals surface area (Å²) in [7, 11) is 0. The van der Waals surface area contributed by atoms with Crippen molar-refractivity contribution in [3.05, 3.63) is 90.0 Å². The number of hydrogen-bond acceptors (Lipinski definition) is 5. The quantitative estimate of drug-likeness (QED) is 0.369. The van der Waals surface area contributed by atoms with E-state index < -0.39 is 0 Å². The predicted molar refractivity (Wildman–Crippen MR) is 135 cm³/mol. The van der Waals surface area contributed by atoms with Crippen LogP contribution in [-0.4, -0.2) is 48.2 Å². The van der Waals surface area contributed by atoms with Crippen LogP contribution in [0.1, 0.15) is 17.0 Å². The fourth-order valence-corrected chi connectivity index (χ4v) is 5.80.